The van der Waals surface area contributed by atoms with E-state index in [0.717, 1.165) is 11.1 Å². The second-order valence-electron chi connectivity index (χ2n) is 6.19. The van der Waals surface area contributed by atoms with Gasteiger partial charge in [-0.3, -0.25) is 0 Å². The third-order valence-electron chi connectivity index (χ3n) is 4.22. The minimum atomic E-state index is -0.621. The molecule has 0 radical (unpaired) electrons. The molecule has 0 bridgehead atoms. The Balaban J connectivity index is 1.87. The Bertz CT molecular complexity index is 1130. The molecule has 4 N–H and O–H groups in total. The summed E-state index contributed by atoms with van der Waals surface area (Å²) >= 11 is 0. The number of benzene rings is 1. The summed E-state index contributed by atoms with van der Waals surface area (Å²) in [6.07, 6.45) is 0.309. The molecule has 7 nitrogen and oxygen atoms in total. The van der Waals surface area contributed by atoms with Crippen molar-refractivity contribution in [2.45, 2.75) is 20.3 Å². The standard InChI is InChI=1S/C18H17FN6O/c1-9-7-11(4-5-13(9)20)8-12-15(19)24-25-16(12)22-18(21)23-17(25)14-6-3-10(2)26-14/h3-7H,8,20H2,1-2H3,(H2,21,22). The number of rotatable bonds is 3. The first-order valence-corrected chi connectivity index (χ1v) is 8.05. The number of anilines is 2. The molecule has 0 spiro atoms. The molecule has 1 aromatic carbocycles. The van der Waals surface area contributed by atoms with Gasteiger partial charge in [0.15, 0.2) is 11.4 Å². The summed E-state index contributed by atoms with van der Waals surface area (Å²) in [6.45, 7) is 3.71. The summed E-state index contributed by atoms with van der Waals surface area (Å²) in [5.41, 5.74) is 14.9. The van der Waals surface area contributed by atoms with E-state index in [1.807, 2.05) is 26.0 Å². The Morgan fingerprint density at radius 3 is 2.62 bits per heavy atom. The van der Waals surface area contributed by atoms with Gasteiger partial charge in [-0.1, -0.05) is 12.1 Å². The fraction of sp³-hybridized carbons (Fsp3) is 0.167. The Morgan fingerprint density at radius 1 is 1.12 bits per heavy atom. The molecule has 0 aliphatic carbocycles. The molecule has 3 aromatic heterocycles. The largest absolute Gasteiger partial charge is 0.458 e. The van der Waals surface area contributed by atoms with Gasteiger partial charge in [0, 0.05) is 12.1 Å². The highest BCUT2D eigenvalue weighted by Gasteiger charge is 2.20. The summed E-state index contributed by atoms with van der Waals surface area (Å²) in [6, 6.07) is 9.09. The van der Waals surface area contributed by atoms with Crippen molar-refractivity contribution in [1.82, 2.24) is 19.6 Å². The van der Waals surface area contributed by atoms with Gasteiger partial charge >= 0.3 is 0 Å². The molecule has 0 atom stereocenters. The first kappa shape index (κ1) is 16.1. The van der Waals surface area contributed by atoms with Crippen molar-refractivity contribution in [2.75, 3.05) is 11.5 Å². The number of aryl methyl sites for hydroxylation is 2. The molecule has 0 aliphatic heterocycles. The summed E-state index contributed by atoms with van der Waals surface area (Å²) in [5.74, 6) is 0.855. The van der Waals surface area contributed by atoms with Crippen LogP contribution in [-0.2, 0) is 6.42 Å². The maximum Gasteiger partial charge on any atom is 0.238 e. The Labute approximate surface area is 148 Å². The van der Waals surface area contributed by atoms with Crippen molar-refractivity contribution in [3.63, 3.8) is 0 Å². The van der Waals surface area contributed by atoms with E-state index in [-0.39, 0.29) is 5.95 Å². The van der Waals surface area contributed by atoms with E-state index < -0.39 is 5.95 Å². The quantitative estimate of drug-likeness (QED) is 0.549. The van der Waals surface area contributed by atoms with Gasteiger partial charge in [0.2, 0.25) is 17.7 Å². The maximum atomic E-state index is 14.6. The van der Waals surface area contributed by atoms with Crippen LogP contribution in [0, 0.1) is 19.8 Å². The normalized spacial score (nSPS) is 11.3. The number of hydrogen-bond donors (Lipinski definition) is 2. The minimum Gasteiger partial charge on any atom is -0.458 e. The molecule has 0 amide bonds. The van der Waals surface area contributed by atoms with E-state index >= 15 is 0 Å². The monoisotopic (exact) mass is 352 g/mol. The van der Waals surface area contributed by atoms with Gasteiger partial charge in [-0.25, -0.2) is 0 Å². The zero-order valence-electron chi connectivity index (χ0n) is 14.3. The van der Waals surface area contributed by atoms with E-state index in [4.69, 9.17) is 15.9 Å². The third-order valence-corrected chi connectivity index (χ3v) is 4.22. The Morgan fingerprint density at radius 2 is 1.92 bits per heavy atom. The highest BCUT2D eigenvalue weighted by atomic mass is 19.1. The van der Waals surface area contributed by atoms with Crippen molar-refractivity contribution in [3.8, 4) is 11.6 Å². The predicted octanol–water partition coefficient (Wildman–Crippen LogP) is 2.90. The average Bonchev–Trinajstić information content (AvgIpc) is 3.15. The van der Waals surface area contributed by atoms with Gasteiger partial charge in [0.25, 0.3) is 0 Å². The molecular formula is C18H17FN6O. The van der Waals surface area contributed by atoms with Gasteiger partial charge < -0.3 is 15.9 Å². The zero-order chi connectivity index (χ0) is 18.4. The highest BCUT2D eigenvalue weighted by Crippen LogP contribution is 2.26. The molecule has 4 aromatic rings. The summed E-state index contributed by atoms with van der Waals surface area (Å²) in [7, 11) is 0. The van der Waals surface area contributed by atoms with Gasteiger partial charge in [-0.2, -0.15) is 18.9 Å². The lowest BCUT2D eigenvalue weighted by molar-refractivity contribution is 0.536. The van der Waals surface area contributed by atoms with E-state index in [2.05, 4.69) is 15.1 Å². The van der Waals surface area contributed by atoms with E-state index in [0.29, 0.717) is 40.7 Å². The van der Waals surface area contributed by atoms with Gasteiger partial charge in [-0.15, -0.1) is 5.10 Å². The molecule has 0 saturated carbocycles. The van der Waals surface area contributed by atoms with E-state index in [1.165, 1.54) is 4.52 Å². The second-order valence-corrected chi connectivity index (χ2v) is 6.19. The number of halogens is 1. The predicted molar refractivity (Wildman–Crippen MR) is 96.0 cm³/mol. The van der Waals surface area contributed by atoms with Crippen molar-refractivity contribution in [2.24, 2.45) is 0 Å². The van der Waals surface area contributed by atoms with Crippen molar-refractivity contribution in [1.29, 1.82) is 0 Å². The Kier molecular flexibility index (Phi) is 3.61. The van der Waals surface area contributed by atoms with Gasteiger partial charge in [0.05, 0.1) is 5.56 Å². The first-order chi connectivity index (χ1) is 12.4. The number of aromatic nitrogens is 4. The molecule has 26 heavy (non-hydrogen) atoms. The molecule has 132 valence electrons. The van der Waals surface area contributed by atoms with Gasteiger partial charge in [-0.05, 0) is 43.2 Å². The van der Waals surface area contributed by atoms with E-state index in [1.54, 1.807) is 18.2 Å². The van der Waals surface area contributed by atoms with Crippen LogP contribution in [-0.4, -0.2) is 19.6 Å². The number of nitrogen functional groups attached to an aromatic ring is 2. The summed E-state index contributed by atoms with van der Waals surface area (Å²) in [5, 5.41) is 3.96. The summed E-state index contributed by atoms with van der Waals surface area (Å²) < 4.78 is 21.5. The number of nitrogens with zero attached hydrogens (tertiary/aromatic N) is 4. The SMILES string of the molecule is Cc1ccc(-c2nc(N)nc3c(Cc4ccc(N)c(C)c4)c(F)nn23)o1. The molecular weight excluding hydrogens is 335 g/mol. The zero-order valence-corrected chi connectivity index (χ0v) is 14.3. The number of hydrogen-bond acceptors (Lipinski definition) is 6. The first-order valence-electron chi connectivity index (χ1n) is 8.05. The van der Waals surface area contributed by atoms with Crippen LogP contribution < -0.4 is 11.5 Å². The topological polar surface area (TPSA) is 108 Å². The van der Waals surface area contributed by atoms with Crippen LogP contribution in [0.25, 0.3) is 17.2 Å². The van der Waals surface area contributed by atoms with Crippen molar-refractivity contribution < 1.29 is 8.81 Å². The second kappa shape index (κ2) is 5.83. The highest BCUT2D eigenvalue weighted by molar-refractivity contribution is 5.60. The summed E-state index contributed by atoms with van der Waals surface area (Å²) in [4.78, 5) is 8.35. The fourth-order valence-electron chi connectivity index (χ4n) is 2.89. The van der Waals surface area contributed by atoms with Gasteiger partial charge in [0.1, 0.15) is 5.76 Å². The number of fused-ring (bicyclic) bond motifs is 1. The van der Waals surface area contributed by atoms with Crippen LogP contribution in [0.15, 0.2) is 34.7 Å². The van der Waals surface area contributed by atoms with Crippen LogP contribution >= 0.6 is 0 Å². The van der Waals surface area contributed by atoms with Crippen LogP contribution in [0.2, 0.25) is 0 Å². The van der Waals surface area contributed by atoms with Crippen LogP contribution in [0.4, 0.5) is 16.0 Å². The van der Waals surface area contributed by atoms with Crippen LogP contribution in [0.5, 0.6) is 0 Å². The Hall–Kier alpha value is -3.42. The molecule has 0 saturated heterocycles. The van der Waals surface area contributed by atoms with Crippen molar-refractivity contribution in [3.05, 3.63) is 58.7 Å². The fourth-order valence-corrected chi connectivity index (χ4v) is 2.89. The lowest BCUT2D eigenvalue weighted by atomic mass is 10.0. The minimum absolute atomic E-state index is 0.0242. The average molecular weight is 352 g/mol. The lowest BCUT2D eigenvalue weighted by Crippen LogP contribution is -2.05. The maximum absolute atomic E-state index is 14.6. The molecule has 8 heteroatoms. The number of nitrogens with two attached hydrogens (primary N) is 2. The molecule has 0 aliphatic rings. The van der Waals surface area contributed by atoms with Crippen LogP contribution in [0.3, 0.4) is 0 Å². The smallest absolute Gasteiger partial charge is 0.238 e. The lowest BCUT2D eigenvalue weighted by Gasteiger charge is -2.05. The third kappa shape index (κ3) is 2.65. The number of furan rings is 1. The van der Waals surface area contributed by atoms with Crippen molar-refractivity contribution >= 4 is 17.3 Å². The molecule has 3 heterocycles. The van der Waals surface area contributed by atoms with E-state index in [9.17, 15) is 4.39 Å². The van der Waals surface area contributed by atoms with Crippen LogP contribution in [0.1, 0.15) is 22.5 Å². The molecule has 4 rings (SSSR count). The molecule has 0 unspecified atom stereocenters. The molecule has 0 fully saturated rings.